The summed E-state index contributed by atoms with van der Waals surface area (Å²) < 4.78 is 10.6. The third-order valence-electron chi connectivity index (χ3n) is 3.73. The third-order valence-corrected chi connectivity index (χ3v) is 3.73. The topological polar surface area (TPSA) is 30.5 Å². The van der Waals surface area contributed by atoms with Crippen molar-refractivity contribution in [2.24, 2.45) is 0 Å². The van der Waals surface area contributed by atoms with Crippen molar-refractivity contribution in [1.29, 1.82) is 0 Å². The van der Waals surface area contributed by atoms with Gasteiger partial charge in [-0.2, -0.15) is 0 Å². The van der Waals surface area contributed by atoms with E-state index < -0.39 is 0 Å². The molecule has 0 atom stereocenters. The van der Waals surface area contributed by atoms with E-state index in [4.69, 9.17) is 9.47 Å². The molecule has 0 aliphatic carbocycles. The van der Waals surface area contributed by atoms with E-state index in [2.05, 4.69) is 41.7 Å². The highest BCUT2D eigenvalue weighted by atomic mass is 35.5. The van der Waals surface area contributed by atoms with Crippen LogP contribution in [0.3, 0.4) is 0 Å². The van der Waals surface area contributed by atoms with Crippen LogP contribution in [0.25, 0.3) is 0 Å². The molecule has 0 heterocycles. The molecule has 0 fully saturated rings. The Bertz CT molecular complexity index is 561. The fraction of sp³-hybridized carbons (Fsp3) is 0.368. The molecule has 0 bridgehead atoms. The molecule has 0 saturated heterocycles. The van der Waals surface area contributed by atoms with Crippen LogP contribution in [0, 0.1) is 0 Å². The molecule has 2 rings (SSSR count). The van der Waals surface area contributed by atoms with Crippen molar-refractivity contribution in [3.05, 3.63) is 59.7 Å². The molecule has 0 radical (unpaired) electrons. The largest absolute Gasteiger partial charge is 0.497 e. The average molecular weight is 336 g/mol. The number of methoxy groups -OCH3 is 2. The second kappa shape index (κ2) is 10.9. The van der Waals surface area contributed by atoms with Crippen LogP contribution < -0.4 is 14.8 Å². The highest BCUT2D eigenvalue weighted by molar-refractivity contribution is 5.85. The van der Waals surface area contributed by atoms with Crippen molar-refractivity contribution in [3.63, 3.8) is 0 Å². The first kappa shape index (κ1) is 19.3. The molecule has 1 N–H and O–H groups in total. The van der Waals surface area contributed by atoms with E-state index in [0.717, 1.165) is 43.9 Å². The normalized spacial score (nSPS) is 10.0. The first-order chi connectivity index (χ1) is 10.8. The van der Waals surface area contributed by atoms with Gasteiger partial charge in [0.2, 0.25) is 0 Å². The molecule has 126 valence electrons. The second-order valence-electron chi connectivity index (χ2n) is 5.27. The molecule has 0 aromatic heterocycles. The number of hydrogen-bond donors (Lipinski definition) is 1. The number of hydrogen-bond acceptors (Lipinski definition) is 3. The summed E-state index contributed by atoms with van der Waals surface area (Å²) in [6.45, 7) is 2.03. The molecule has 3 nitrogen and oxygen atoms in total. The van der Waals surface area contributed by atoms with Gasteiger partial charge in [0, 0.05) is 6.07 Å². The molecule has 0 saturated carbocycles. The lowest BCUT2D eigenvalue weighted by Crippen LogP contribution is -2.19. The Balaban J connectivity index is 0.00000264. The van der Waals surface area contributed by atoms with Crippen molar-refractivity contribution < 1.29 is 9.47 Å². The van der Waals surface area contributed by atoms with Crippen LogP contribution in [0.5, 0.6) is 11.5 Å². The van der Waals surface area contributed by atoms with Gasteiger partial charge in [0.25, 0.3) is 0 Å². The Hall–Kier alpha value is -1.71. The maximum absolute atomic E-state index is 5.42. The number of halogens is 1. The quantitative estimate of drug-likeness (QED) is 0.705. The maximum Gasteiger partial charge on any atom is 0.125 e. The lowest BCUT2D eigenvalue weighted by atomic mass is 10.1. The standard InChI is InChI=1S/C19H25NO2.ClH/c1-21-18-11-10-17(19(15-18)22-2)9-6-13-20-14-12-16-7-4-3-5-8-16;/h3-5,7-8,10-11,15,20H,6,9,12-14H2,1-2H3;1H. The Labute approximate surface area is 145 Å². The van der Waals surface area contributed by atoms with E-state index in [9.17, 15) is 0 Å². The van der Waals surface area contributed by atoms with Crippen molar-refractivity contribution in [2.45, 2.75) is 19.3 Å². The third kappa shape index (κ3) is 6.51. The zero-order valence-corrected chi connectivity index (χ0v) is 14.7. The van der Waals surface area contributed by atoms with Crippen LogP contribution in [-0.4, -0.2) is 27.3 Å². The van der Waals surface area contributed by atoms with Crippen LogP contribution in [0.4, 0.5) is 0 Å². The summed E-state index contributed by atoms with van der Waals surface area (Å²) >= 11 is 0. The van der Waals surface area contributed by atoms with E-state index in [-0.39, 0.29) is 12.4 Å². The molecular weight excluding hydrogens is 310 g/mol. The summed E-state index contributed by atoms with van der Waals surface area (Å²) in [5.74, 6) is 1.74. The minimum absolute atomic E-state index is 0. The zero-order valence-electron chi connectivity index (χ0n) is 13.9. The Morgan fingerprint density at radius 3 is 2.35 bits per heavy atom. The van der Waals surface area contributed by atoms with E-state index >= 15 is 0 Å². The van der Waals surface area contributed by atoms with E-state index in [0.29, 0.717) is 0 Å². The van der Waals surface area contributed by atoms with Gasteiger partial charge in [-0.05, 0) is 49.5 Å². The SMILES string of the molecule is COc1ccc(CCCNCCc2ccccc2)c(OC)c1.Cl. The molecule has 0 aliphatic rings. The van der Waals surface area contributed by atoms with Gasteiger partial charge >= 0.3 is 0 Å². The van der Waals surface area contributed by atoms with Gasteiger partial charge in [-0.1, -0.05) is 36.4 Å². The molecule has 23 heavy (non-hydrogen) atoms. The number of benzene rings is 2. The number of aryl methyl sites for hydroxylation is 1. The van der Waals surface area contributed by atoms with Crippen LogP contribution in [0.1, 0.15) is 17.5 Å². The molecule has 0 unspecified atom stereocenters. The minimum atomic E-state index is 0. The van der Waals surface area contributed by atoms with Crippen LogP contribution >= 0.6 is 12.4 Å². The Morgan fingerprint density at radius 1 is 0.870 bits per heavy atom. The zero-order chi connectivity index (χ0) is 15.6. The molecule has 0 amide bonds. The maximum atomic E-state index is 5.42. The number of nitrogens with one attached hydrogen (secondary N) is 1. The van der Waals surface area contributed by atoms with Gasteiger partial charge in [0.05, 0.1) is 14.2 Å². The highest BCUT2D eigenvalue weighted by Gasteiger charge is 2.04. The summed E-state index contributed by atoms with van der Waals surface area (Å²) in [5.41, 5.74) is 2.61. The fourth-order valence-corrected chi connectivity index (χ4v) is 2.46. The summed E-state index contributed by atoms with van der Waals surface area (Å²) in [7, 11) is 3.38. The van der Waals surface area contributed by atoms with Gasteiger partial charge in [-0.25, -0.2) is 0 Å². The van der Waals surface area contributed by atoms with E-state index in [1.807, 2.05) is 12.1 Å². The molecule has 0 spiro atoms. The van der Waals surface area contributed by atoms with Gasteiger partial charge in [0.1, 0.15) is 11.5 Å². The Kier molecular flexibility index (Phi) is 9.18. The van der Waals surface area contributed by atoms with Gasteiger partial charge in [-0.15, -0.1) is 12.4 Å². The number of rotatable bonds is 9. The van der Waals surface area contributed by atoms with E-state index in [1.165, 1.54) is 11.1 Å². The lowest BCUT2D eigenvalue weighted by molar-refractivity contribution is 0.390. The summed E-state index contributed by atoms with van der Waals surface area (Å²) in [4.78, 5) is 0. The second-order valence-corrected chi connectivity index (χ2v) is 5.27. The molecule has 4 heteroatoms. The monoisotopic (exact) mass is 335 g/mol. The highest BCUT2D eigenvalue weighted by Crippen LogP contribution is 2.25. The van der Waals surface area contributed by atoms with Gasteiger partial charge in [0.15, 0.2) is 0 Å². The van der Waals surface area contributed by atoms with Gasteiger partial charge in [-0.3, -0.25) is 0 Å². The van der Waals surface area contributed by atoms with Crippen molar-refractivity contribution in [3.8, 4) is 11.5 Å². The average Bonchev–Trinajstić information content (AvgIpc) is 2.59. The molecule has 2 aromatic rings. The summed E-state index contributed by atoms with van der Waals surface area (Å²) in [5, 5.41) is 3.50. The van der Waals surface area contributed by atoms with Gasteiger partial charge < -0.3 is 14.8 Å². The first-order valence-corrected chi connectivity index (χ1v) is 7.79. The van der Waals surface area contributed by atoms with Crippen LogP contribution in [-0.2, 0) is 12.8 Å². The predicted molar refractivity (Wildman–Crippen MR) is 98.1 cm³/mol. The molecule has 0 aliphatic heterocycles. The van der Waals surface area contributed by atoms with Crippen LogP contribution in [0.15, 0.2) is 48.5 Å². The summed E-state index contributed by atoms with van der Waals surface area (Å²) in [6.07, 6.45) is 3.18. The first-order valence-electron chi connectivity index (χ1n) is 7.79. The smallest absolute Gasteiger partial charge is 0.125 e. The molecule has 2 aromatic carbocycles. The van der Waals surface area contributed by atoms with Crippen molar-refractivity contribution >= 4 is 12.4 Å². The predicted octanol–water partition coefficient (Wildman–Crippen LogP) is 3.89. The summed E-state index contributed by atoms with van der Waals surface area (Å²) in [6, 6.07) is 16.6. The van der Waals surface area contributed by atoms with Crippen molar-refractivity contribution in [2.75, 3.05) is 27.3 Å². The number of ether oxygens (including phenoxy) is 2. The fourth-order valence-electron chi connectivity index (χ4n) is 2.46. The van der Waals surface area contributed by atoms with E-state index in [1.54, 1.807) is 14.2 Å². The van der Waals surface area contributed by atoms with Crippen LogP contribution in [0.2, 0.25) is 0 Å². The Morgan fingerprint density at radius 2 is 1.65 bits per heavy atom. The van der Waals surface area contributed by atoms with Crippen molar-refractivity contribution in [1.82, 2.24) is 5.32 Å². The molecular formula is C19H26ClNO2. The minimum Gasteiger partial charge on any atom is -0.497 e. The lowest BCUT2D eigenvalue weighted by Gasteiger charge is -2.10.